The van der Waals surface area contributed by atoms with Crippen LogP contribution in [0.2, 0.25) is 0 Å². The molecule has 3 heterocycles. The normalized spacial score (nSPS) is 20.3. The number of amides is 1. The van der Waals surface area contributed by atoms with Gasteiger partial charge in [0.2, 0.25) is 5.91 Å². The quantitative estimate of drug-likeness (QED) is 0.937. The smallest absolute Gasteiger partial charge is 0.228 e. The first-order chi connectivity index (χ1) is 10.1. The molecule has 0 aromatic carbocycles. The number of aromatic nitrogens is 1. The van der Waals surface area contributed by atoms with Crippen LogP contribution in [0.4, 0.5) is 0 Å². The molecule has 21 heavy (non-hydrogen) atoms. The number of rotatable bonds is 4. The van der Waals surface area contributed by atoms with Gasteiger partial charge in [0.1, 0.15) is 5.60 Å². The van der Waals surface area contributed by atoms with Gasteiger partial charge in [0.05, 0.1) is 31.5 Å². The summed E-state index contributed by atoms with van der Waals surface area (Å²) in [7, 11) is 0. The predicted molar refractivity (Wildman–Crippen MR) is 77.8 cm³/mol. The third kappa shape index (κ3) is 2.38. The summed E-state index contributed by atoms with van der Waals surface area (Å²) < 4.78 is 5.30. The molecule has 2 aliphatic rings. The van der Waals surface area contributed by atoms with Gasteiger partial charge in [-0.3, -0.25) is 4.79 Å². The zero-order chi connectivity index (χ0) is 14.4. The zero-order valence-corrected chi connectivity index (χ0v) is 12.3. The number of β-amino-alcohol motifs (C(OH)–C–C–N with tert-alkyl or cyclic N) is 1. The second kappa shape index (κ2) is 4.68. The molecule has 6 heteroatoms. The minimum absolute atomic E-state index is 0.0385. The minimum atomic E-state index is -0.614. The van der Waals surface area contributed by atoms with Gasteiger partial charge in [-0.15, -0.1) is 11.3 Å². The van der Waals surface area contributed by atoms with Crippen molar-refractivity contribution in [3.63, 3.8) is 0 Å². The number of aliphatic hydroxyl groups is 1. The Morgan fingerprint density at radius 1 is 1.52 bits per heavy atom. The summed E-state index contributed by atoms with van der Waals surface area (Å²) in [4.78, 5) is 18.3. The zero-order valence-electron chi connectivity index (χ0n) is 11.5. The van der Waals surface area contributed by atoms with Gasteiger partial charge in [-0.2, -0.15) is 0 Å². The molecule has 1 saturated carbocycles. The Hall–Kier alpha value is -1.66. The first kappa shape index (κ1) is 13.0. The van der Waals surface area contributed by atoms with E-state index in [1.54, 1.807) is 11.2 Å². The molecule has 1 N–H and O–H groups in total. The van der Waals surface area contributed by atoms with E-state index in [1.165, 1.54) is 11.3 Å². The van der Waals surface area contributed by atoms with Gasteiger partial charge in [0, 0.05) is 5.38 Å². The molecule has 1 amide bonds. The Morgan fingerprint density at radius 2 is 2.33 bits per heavy atom. The van der Waals surface area contributed by atoms with Crippen LogP contribution in [-0.4, -0.2) is 39.6 Å². The van der Waals surface area contributed by atoms with Gasteiger partial charge in [-0.1, -0.05) is 0 Å². The first-order valence-electron chi connectivity index (χ1n) is 7.12. The molecular weight excluding hydrogens is 288 g/mol. The Kier molecular flexibility index (Phi) is 2.90. The summed E-state index contributed by atoms with van der Waals surface area (Å²) in [5.41, 5.74) is 0.148. The standard InChI is InChI=1S/C15H16N2O3S/c18-13(17-8-15(19,9-17)10-3-4-10)6-11-7-21-14(16-11)12-2-1-5-20-12/h1-2,5,7,10,19H,3-4,6,8-9H2. The molecule has 0 unspecified atom stereocenters. The number of likely N-dealkylation sites (tertiary alicyclic amines) is 1. The molecule has 4 rings (SSSR count). The maximum atomic E-state index is 12.2. The Bertz CT molecular complexity index is 654. The highest BCUT2D eigenvalue weighted by molar-refractivity contribution is 7.13. The van der Waals surface area contributed by atoms with Gasteiger partial charge in [0.15, 0.2) is 10.8 Å². The highest BCUT2D eigenvalue weighted by Gasteiger charge is 2.53. The number of nitrogens with zero attached hydrogens (tertiary/aromatic N) is 2. The molecule has 2 aromatic heterocycles. The van der Waals surface area contributed by atoms with Crippen molar-refractivity contribution in [2.45, 2.75) is 24.9 Å². The fourth-order valence-electron chi connectivity index (χ4n) is 2.84. The lowest BCUT2D eigenvalue weighted by atomic mass is 9.88. The molecule has 2 aromatic rings. The Labute approximate surface area is 126 Å². The highest BCUT2D eigenvalue weighted by Crippen LogP contribution is 2.44. The van der Waals surface area contributed by atoms with Crippen LogP contribution in [0.1, 0.15) is 18.5 Å². The summed E-state index contributed by atoms with van der Waals surface area (Å²) >= 11 is 1.48. The van der Waals surface area contributed by atoms with Gasteiger partial charge in [-0.25, -0.2) is 4.98 Å². The Morgan fingerprint density at radius 3 is 3.00 bits per heavy atom. The van der Waals surface area contributed by atoms with Crippen molar-refractivity contribution in [2.75, 3.05) is 13.1 Å². The third-order valence-corrected chi connectivity index (χ3v) is 5.14. The third-order valence-electron chi connectivity index (χ3n) is 4.24. The van der Waals surface area contributed by atoms with Crippen LogP contribution in [-0.2, 0) is 11.2 Å². The summed E-state index contributed by atoms with van der Waals surface area (Å²) in [6.07, 6.45) is 4.09. The van der Waals surface area contributed by atoms with Crippen LogP contribution >= 0.6 is 11.3 Å². The number of carbonyl (C=O) groups is 1. The molecular formula is C15H16N2O3S. The number of carbonyl (C=O) groups excluding carboxylic acids is 1. The Balaban J connectivity index is 1.37. The van der Waals surface area contributed by atoms with Crippen LogP contribution in [0, 0.1) is 5.92 Å². The minimum Gasteiger partial charge on any atom is -0.462 e. The van der Waals surface area contributed by atoms with E-state index in [0.717, 1.165) is 29.3 Å². The molecule has 1 aliphatic heterocycles. The number of thiazole rings is 1. The van der Waals surface area contributed by atoms with Gasteiger partial charge in [0.25, 0.3) is 0 Å². The SMILES string of the molecule is O=C(Cc1csc(-c2ccco2)n1)N1CC(O)(C2CC2)C1. The summed E-state index contributed by atoms with van der Waals surface area (Å²) in [5.74, 6) is 1.17. The van der Waals surface area contributed by atoms with E-state index >= 15 is 0 Å². The predicted octanol–water partition coefficient (Wildman–Crippen LogP) is 1.93. The van der Waals surface area contributed by atoms with E-state index in [-0.39, 0.29) is 12.3 Å². The van der Waals surface area contributed by atoms with Crippen molar-refractivity contribution in [3.8, 4) is 10.8 Å². The maximum absolute atomic E-state index is 12.2. The van der Waals surface area contributed by atoms with Crippen molar-refractivity contribution in [2.24, 2.45) is 5.92 Å². The molecule has 2 fully saturated rings. The van der Waals surface area contributed by atoms with Gasteiger partial charge < -0.3 is 14.4 Å². The molecule has 1 saturated heterocycles. The van der Waals surface area contributed by atoms with E-state index in [1.807, 2.05) is 17.5 Å². The molecule has 110 valence electrons. The summed E-state index contributed by atoms with van der Waals surface area (Å²) in [6, 6.07) is 3.68. The topological polar surface area (TPSA) is 66.6 Å². The molecule has 0 radical (unpaired) electrons. The molecule has 0 atom stereocenters. The van der Waals surface area contributed by atoms with Crippen molar-refractivity contribution < 1.29 is 14.3 Å². The van der Waals surface area contributed by atoms with Crippen molar-refractivity contribution in [1.82, 2.24) is 9.88 Å². The van der Waals surface area contributed by atoms with E-state index in [2.05, 4.69) is 4.98 Å². The summed E-state index contributed by atoms with van der Waals surface area (Å²) in [6.45, 7) is 0.956. The second-order valence-electron chi connectivity index (χ2n) is 5.93. The average Bonchev–Trinajstić information content (AvgIpc) is 2.96. The van der Waals surface area contributed by atoms with E-state index in [9.17, 15) is 9.90 Å². The fraction of sp³-hybridized carbons (Fsp3) is 0.467. The van der Waals surface area contributed by atoms with E-state index < -0.39 is 5.60 Å². The monoisotopic (exact) mass is 304 g/mol. The lowest BCUT2D eigenvalue weighted by Gasteiger charge is -2.47. The first-order valence-corrected chi connectivity index (χ1v) is 8.00. The van der Waals surface area contributed by atoms with Gasteiger partial charge >= 0.3 is 0 Å². The molecule has 1 aliphatic carbocycles. The van der Waals surface area contributed by atoms with Crippen LogP contribution in [0.15, 0.2) is 28.2 Å². The van der Waals surface area contributed by atoms with Crippen LogP contribution in [0.5, 0.6) is 0 Å². The second-order valence-corrected chi connectivity index (χ2v) is 6.78. The van der Waals surface area contributed by atoms with Crippen LogP contribution < -0.4 is 0 Å². The van der Waals surface area contributed by atoms with Crippen molar-refractivity contribution in [3.05, 3.63) is 29.5 Å². The molecule has 0 spiro atoms. The fourth-order valence-corrected chi connectivity index (χ4v) is 3.62. The molecule has 0 bridgehead atoms. The number of hydrogen-bond donors (Lipinski definition) is 1. The average molecular weight is 304 g/mol. The van der Waals surface area contributed by atoms with Gasteiger partial charge in [-0.05, 0) is 30.9 Å². The maximum Gasteiger partial charge on any atom is 0.228 e. The number of hydrogen-bond acceptors (Lipinski definition) is 5. The largest absolute Gasteiger partial charge is 0.462 e. The van der Waals surface area contributed by atoms with Crippen LogP contribution in [0.3, 0.4) is 0 Å². The van der Waals surface area contributed by atoms with E-state index in [4.69, 9.17) is 4.42 Å². The lowest BCUT2D eigenvalue weighted by Crippen LogP contribution is -2.65. The van der Waals surface area contributed by atoms with Crippen LogP contribution in [0.25, 0.3) is 10.8 Å². The summed E-state index contributed by atoms with van der Waals surface area (Å²) in [5, 5.41) is 12.9. The highest BCUT2D eigenvalue weighted by atomic mass is 32.1. The van der Waals surface area contributed by atoms with Crippen molar-refractivity contribution >= 4 is 17.2 Å². The van der Waals surface area contributed by atoms with Crippen molar-refractivity contribution in [1.29, 1.82) is 0 Å². The molecule has 5 nitrogen and oxygen atoms in total. The lowest BCUT2D eigenvalue weighted by molar-refractivity contribution is -0.158. The number of furan rings is 1. The van der Waals surface area contributed by atoms with E-state index in [0.29, 0.717) is 19.0 Å².